The van der Waals surface area contributed by atoms with Gasteiger partial charge in [-0.2, -0.15) is 0 Å². The largest absolute Gasteiger partial charge is 0.242 e. The highest BCUT2D eigenvalue weighted by atomic mass is 16.1. The average molecular weight is 162 g/mol. The zero-order chi connectivity index (χ0) is 8.81. The standard InChI is InChI=1S/C9H10N2O/c1-2-4-8-5-3-6-9(11-8)10-7-12/h3,5-6H,2,4H2,1H3. The Hall–Kier alpha value is -1.47. The van der Waals surface area contributed by atoms with Crippen LogP contribution in [0.15, 0.2) is 23.2 Å². The maximum absolute atomic E-state index is 9.91. The fraction of sp³-hybridized carbons (Fsp3) is 0.333. The fourth-order valence-electron chi connectivity index (χ4n) is 0.971. The van der Waals surface area contributed by atoms with Crippen LogP contribution in [0.1, 0.15) is 19.0 Å². The van der Waals surface area contributed by atoms with Gasteiger partial charge in [-0.15, -0.1) is 4.99 Å². The van der Waals surface area contributed by atoms with E-state index < -0.39 is 0 Å². The molecule has 0 fully saturated rings. The number of nitrogens with zero attached hydrogens (tertiary/aromatic N) is 2. The highest BCUT2D eigenvalue weighted by Gasteiger charge is 1.93. The van der Waals surface area contributed by atoms with E-state index in [0.717, 1.165) is 18.5 Å². The van der Waals surface area contributed by atoms with Crippen LogP contribution in [0, 0.1) is 0 Å². The summed E-state index contributed by atoms with van der Waals surface area (Å²) in [6.45, 7) is 2.08. The minimum atomic E-state index is 0.441. The molecule has 1 aromatic heterocycles. The third kappa shape index (κ3) is 2.29. The van der Waals surface area contributed by atoms with Crippen molar-refractivity contribution in [2.75, 3.05) is 0 Å². The van der Waals surface area contributed by atoms with Crippen molar-refractivity contribution in [3.63, 3.8) is 0 Å². The predicted octanol–water partition coefficient (Wildman–Crippen LogP) is 2.00. The number of hydrogen-bond donors (Lipinski definition) is 0. The van der Waals surface area contributed by atoms with E-state index in [1.54, 1.807) is 6.07 Å². The first-order chi connectivity index (χ1) is 5.86. The van der Waals surface area contributed by atoms with Gasteiger partial charge < -0.3 is 0 Å². The maximum atomic E-state index is 9.91. The van der Waals surface area contributed by atoms with Crippen molar-refractivity contribution < 1.29 is 4.79 Å². The van der Waals surface area contributed by atoms with E-state index >= 15 is 0 Å². The third-order valence-electron chi connectivity index (χ3n) is 1.46. The zero-order valence-corrected chi connectivity index (χ0v) is 6.95. The number of aromatic nitrogens is 1. The summed E-state index contributed by atoms with van der Waals surface area (Å²) in [7, 11) is 0. The number of aliphatic imine (C=N–C) groups is 1. The Morgan fingerprint density at radius 3 is 3.08 bits per heavy atom. The maximum Gasteiger partial charge on any atom is 0.242 e. The molecule has 12 heavy (non-hydrogen) atoms. The smallest absolute Gasteiger partial charge is 0.233 e. The number of carbonyl (C=O) groups excluding carboxylic acids is 1. The Morgan fingerprint density at radius 1 is 1.58 bits per heavy atom. The Labute approximate surface area is 71.2 Å². The molecule has 0 N–H and O–H groups in total. The van der Waals surface area contributed by atoms with Crippen LogP contribution in [-0.2, 0) is 11.2 Å². The predicted molar refractivity (Wildman–Crippen MR) is 46.0 cm³/mol. The van der Waals surface area contributed by atoms with Crippen LogP contribution in [0.2, 0.25) is 0 Å². The summed E-state index contributed by atoms with van der Waals surface area (Å²) in [6, 6.07) is 5.45. The molecule has 0 aliphatic rings. The topological polar surface area (TPSA) is 42.3 Å². The monoisotopic (exact) mass is 162 g/mol. The first-order valence-corrected chi connectivity index (χ1v) is 3.90. The van der Waals surface area contributed by atoms with Crippen LogP contribution in [0.5, 0.6) is 0 Å². The Bertz CT molecular complexity index is 303. The van der Waals surface area contributed by atoms with Crippen molar-refractivity contribution >= 4 is 11.9 Å². The van der Waals surface area contributed by atoms with Gasteiger partial charge in [-0.25, -0.2) is 9.78 Å². The fourth-order valence-corrected chi connectivity index (χ4v) is 0.971. The van der Waals surface area contributed by atoms with E-state index in [0.29, 0.717) is 5.82 Å². The number of rotatable bonds is 3. The van der Waals surface area contributed by atoms with Crippen molar-refractivity contribution in [2.24, 2.45) is 4.99 Å². The zero-order valence-electron chi connectivity index (χ0n) is 6.95. The van der Waals surface area contributed by atoms with Crippen molar-refractivity contribution in [2.45, 2.75) is 19.8 Å². The first kappa shape index (κ1) is 8.62. The van der Waals surface area contributed by atoms with E-state index in [9.17, 15) is 4.79 Å². The number of hydrogen-bond acceptors (Lipinski definition) is 3. The van der Waals surface area contributed by atoms with Crippen LogP contribution >= 0.6 is 0 Å². The van der Waals surface area contributed by atoms with Gasteiger partial charge in [-0.05, 0) is 18.6 Å². The van der Waals surface area contributed by atoms with Gasteiger partial charge in [-0.3, -0.25) is 0 Å². The minimum Gasteiger partial charge on any atom is -0.233 e. The van der Waals surface area contributed by atoms with Gasteiger partial charge in [0.25, 0.3) is 0 Å². The van der Waals surface area contributed by atoms with Gasteiger partial charge in [0.15, 0.2) is 5.82 Å². The SMILES string of the molecule is CCCc1cccc(N=C=O)n1. The van der Waals surface area contributed by atoms with Crippen LogP contribution < -0.4 is 0 Å². The van der Waals surface area contributed by atoms with Crippen LogP contribution in [-0.4, -0.2) is 11.1 Å². The Morgan fingerprint density at radius 2 is 2.42 bits per heavy atom. The lowest BCUT2D eigenvalue weighted by atomic mass is 10.2. The molecule has 3 nitrogen and oxygen atoms in total. The Kier molecular flexibility index (Phi) is 3.17. The molecule has 0 amide bonds. The van der Waals surface area contributed by atoms with Crippen molar-refractivity contribution in [3.05, 3.63) is 23.9 Å². The molecular formula is C9H10N2O. The summed E-state index contributed by atoms with van der Waals surface area (Å²) in [6.07, 6.45) is 3.43. The molecule has 0 aliphatic heterocycles. The van der Waals surface area contributed by atoms with Crippen molar-refractivity contribution in [1.29, 1.82) is 0 Å². The van der Waals surface area contributed by atoms with Crippen molar-refractivity contribution in [1.82, 2.24) is 4.98 Å². The van der Waals surface area contributed by atoms with Crippen LogP contribution in [0.3, 0.4) is 0 Å². The minimum absolute atomic E-state index is 0.441. The van der Waals surface area contributed by atoms with Crippen molar-refractivity contribution in [3.8, 4) is 0 Å². The molecule has 0 aromatic carbocycles. The molecule has 0 saturated heterocycles. The van der Waals surface area contributed by atoms with E-state index in [-0.39, 0.29) is 0 Å². The van der Waals surface area contributed by atoms with Gasteiger partial charge in [0.1, 0.15) is 0 Å². The molecule has 1 aromatic rings. The molecule has 0 saturated carbocycles. The molecule has 0 unspecified atom stereocenters. The number of isocyanates is 1. The lowest BCUT2D eigenvalue weighted by Gasteiger charge is -1.96. The molecular weight excluding hydrogens is 152 g/mol. The highest BCUT2D eigenvalue weighted by Crippen LogP contribution is 2.08. The lowest BCUT2D eigenvalue weighted by molar-refractivity contribution is 0.565. The van der Waals surface area contributed by atoms with E-state index in [1.165, 1.54) is 6.08 Å². The number of pyridine rings is 1. The summed E-state index contributed by atoms with van der Waals surface area (Å²) >= 11 is 0. The highest BCUT2D eigenvalue weighted by molar-refractivity contribution is 5.44. The molecule has 1 rings (SSSR count). The molecule has 0 spiro atoms. The Balaban J connectivity index is 2.87. The van der Waals surface area contributed by atoms with E-state index in [2.05, 4.69) is 16.9 Å². The van der Waals surface area contributed by atoms with Crippen LogP contribution in [0.25, 0.3) is 0 Å². The summed E-state index contributed by atoms with van der Waals surface area (Å²) in [5.74, 6) is 0.441. The summed E-state index contributed by atoms with van der Waals surface area (Å²) < 4.78 is 0. The third-order valence-corrected chi connectivity index (χ3v) is 1.46. The normalized spacial score (nSPS) is 9.08. The molecule has 1 heterocycles. The second-order valence-electron chi connectivity index (χ2n) is 2.44. The number of aryl methyl sites for hydroxylation is 1. The molecule has 0 atom stereocenters. The van der Waals surface area contributed by atoms with Gasteiger partial charge >= 0.3 is 0 Å². The van der Waals surface area contributed by atoms with Gasteiger partial charge in [0.05, 0.1) is 0 Å². The summed E-state index contributed by atoms with van der Waals surface area (Å²) in [4.78, 5) is 17.5. The molecule has 3 heteroatoms. The van der Waals surface area contributed by atoms with E-state index in [1.807, 2.05) is 12.1 Å². The molecule has 0 aliphatic carbocycles. The van der Waals surface area contributed by atoms with Crippen LogP contribution in [0.4, 0.5) is 5.82 Å². The van der Waals surface area contributed by atoms with Gasteiger partial charge in [0, 0.05) is 5.69 Å². The second kappa shape index (κ2) is 4.42. The molecule has 62 valence electrons. The quantitative estimate of drug-likeness (QED) is 0.504. The van der Waals surface area contributed by atoms with E-state index in [4.69, 9.17) is 0 Å². The molecule has 0 radical (unpaired) electrons. The van der Waals surface area contributed by atoms with Gasteiger partial charge in [-0.1, -0.05) is 19.4 Å². The molecule has 0 bridgehead atoms. The average Bonchev–Trinajstić information content (AvgIpc) is 2.06. The van der Waals surface area contributed by atoms with Gasteiger partial charge in [0.2, 0.25) is 6.08 Å². The second-order valence-corrected chi connectivity index (χ2v) is 2.44. The summed E-state index contributed by atoms with van der Waals surface area (Å²) in [5, 5.41) is 0. The first-order valence-electron chi connectivity index (χ1n) is 3.90. The lowest BCUT2D eigenvalue weighted by Crippen LogP contribution is -1.87. The summed E-state index contributed by atoms with van der Waals surface area (Å²) in [5.41, 5.74) is 0.967.